The predicted molar refractivity (Wildman–Crippen MR) is 189 cm³/mol. The molecule has 0 bridgehead atoms. The molecule has 1 spiro atoms. The average Bonchev–Trinajstić information content (AvgIpc) is 3.86. The topological polar surface area (TPSA) is 25.8 Å². The molecule has 14 rings (SSSR count). The Morgan fingerprint density at radius 2 is 0.875 bits per heavy atom. The summed E-state index contributed by atoms with van der Waals surface area (Å²) in [7, 11) is 0. The van der Waals surface area contributed by atoms with Gasteiger partial charge in [0.15, 0.2) is 0 Å². The Kier molecular flexibility index (Phi) is 3.39. The molecule has 0 saturated carbocycles. The fourth-order valence-electron chi connectivity index (χ4n) is 10.3. The number of benzene rings is 5. The van der Waals surface area contributed by atoms with E-state index in [1.54, 1.807) is 0 Å². The molecule has 1 atom stereocenters. The monoisotopic (exact) mass is 610 g/mol. The lowest BCUT2D eigenvalue weighted by Crippen LogP contribution is -2.74. The molecule has 0 amide bonds. The van der Waals surface area contributed by atoms with Crippen molar-refractivity contribution in [1.82, 2.24) is 8.80 Å². The van der Waals surface area contributed by atoms with E-state index in [-0.39, 0.29) is 0 Å². The standard InChI is InChI=1S/C43H22N4O/c1-2-10-24-23(9-1)17-18-32-36(24)33-20-22-35-47-42(33)45-38(32)28-14-6-8-16-30(28)40(45)43(47)39-29-15-7-5-13-27(29)37-26-12-4-3-11-25(26)31-19-21-34(48-35)46(43)41(31)44(37)39/h1-22H/q+2. The lowest BCUT2D eigenvalue weighted by molar-refractivity contribution is -0.958. The number of hydrogen-bond donors (Lipinski definition) is 0. The number of fused-ring (bicyclic) bond motifs is 14. The van der Waals surface area contributed by atoms with Gasteiger partial charge >= 0.3 is 17.0 Å². The third-order valence-corrected chi connectivity index (χ3v) is 11.8. The summed E-state index contributed by atoms with van der Waals surface area (Å²) in [6.07, 6.45) is 0. The Hall–Kier alpha value is -6.46. The van der Waals surface area contributed by atoms with Crippen molar-refractivity contribution in [2.24, 2.45) is 0 Å². The van der Waals surface area contributed by atoms with Gasteiger partial charge in [-0.05, 0) is 53.2 Å². The molecule has 0 fully saturated rings. The van der Waals surface area contributed by atoms with Crippen LogP contribution in [0.4, 0.5) is 0 Å². The van der Waals surface area contributed by atoms with Gasteiger partial charge in [0.25, 0.3) is 11.8 Å². The number of rotatable bonds is 0. The fourth-order valence-corrected chi connectivity index (χ4v) is 10.3. The summed E-state index contributed by atoms with van der Waals surface area (Å²) in [5.74, 6) is 1.71. The molecule has 5 aromatic carbocycles. The Labute approximate surface area is 271 Å². The number of pyridine rings is 4. The van der Waals surface area contributed by atoms with E-state index in [1.165, 1.54) is 98.4 Å². The van der Waals surface area contributed by atoms with Gasteiger partial charge in [-0.3, -0.25) is 0 Å². The molecule has 9 heterocycles. The molecule has 11 aromatic rings. The molecule has 0 aliphatic carbocycles. The van der Waals surface area contributed by atoms with Crippen molar-refractivity contribution in [1.29, 1.82) is 0 Å². The van der Waals surface area contributed by atoms with Gasteiger partial charge < -0.3 is 4.74 Å². The molecule has 0 N–H and O–H groups in total. The minimum Gasteiger partial charge on any atom is -0.386 e. The molecule has 48 heavy (non-hydrogen) atoms. The highest BCUT2D eigenvalue weighted by atomic mass is 16.5. The molecule has 5 nitrogen and oxygen atoms in total. The molecule has 0 saturated heterocycles. The molecule has 6 aromatic heterocycles. The van der Waals surface area contributed by atoms with Crippen molar-refractivity contribution in [3.8, 4) is 11.8 Å². The van der Waals surface area contributed by atoms with E-state index < -0.39 is 5.66 Å². The van der Waals surface area contributed by atoms with Crippen LogP contribution in [0.1, 0.15) is 11.4 Å². The number of aromatic nitrogens is 4. The summed E-state index contributed by atoms with van der Waals surface area (Å²) in [5.41, 5.74) is 6.67. The van der Waals surface area contributed by atoms with E-state index in [9.17, 15) is 0 Å². The SMILES string of the molecule is c1ccc2c(c1)ccc1c2c2ccc3[n+]4c2n2c(c5ccccc5c12)C41c2c4ccccc4c4c5ccccc5c5ccc([n+]1c5n24)O3. The van der Waals surface area contributed by atoms with Gasteiger partial charge in [-0.15, -0.1) is 9.13 Å². The van der Waals surface area contributed by atoms with Gasteiger partial charge in [-0.2, -0.15) is 8.80 Å². The highest BCUT2D eigenvalue weighted by molar-refractivity contribution is 6.27. The average molecular weight is 611 g/mol. The summed E-state index contributed by atoms with van der Waals surface area (Å²) >= 11 is 0. The quantitative estimate of drug-likeness (QED) is 0.124. The van der Waals surface area contributed by atoms with Gasteiger partial charge in [0.1, 0.15) is 11.0 Å². The normalized spacial score (nSPS) is 17.0. The van der Waals surface area contributed by atoms with Crippen LogP contribution in [0.3, 0.4) is 0 Å². The molecular formula is C43H22N4O+2. The highest BCUT2D eigenvalue weighted by Crippen LogP contribution is 2.54. The molecule has 0 radical (unpaired) electrons. The minimum atomic E-state index is -0.727. The molecule has 1 unspecified atom stereocenters. The first-order chi connectivity index (χ1) is 23.9. The fraction of sp³-hybridized carbons (Fsp3) is 0.0233. The number of nitrogens with zero attached hydrogens (tertiary/aromatic N) is 4. The van der Waals surface area contributed by atoms with E-state index in [0.29, 0.717) is 0 Å². The number of ether oxygens (including phenoxy) is 1. The van der Waals surface area contributed by atoms with Gasteiger partial charge in [0, 0.05) is 55.2 Å². The van der Waals surface area contributed by atoms with Crippen molar-refractivity contribution < 1.29 is 13.9 Å². The minimum absolute atomic E-state index is 0.727. The molecule has 5 heteroatoms. The van der Waals surface area contributed by atoms with E-state index in [2.05, 4.69) is 151 Å². The lowest BCUT2D eigenvalue weighted by atomic mass is 9.93. The largest absolute Gasteiger partial charge is 0.386 e. The first kappa shape index (κ1) is 23.0. The Bertz CT molecular complexity index is 3440. The Morgan fingerprint density at radius 1 is 0.396 bits per heavy atom. The van der Waals surface area contributed by atoms with Crippen LogP contribution < -0.4 is 13.9 Å². The highest BCUT2D eigenvalue weighted by Gasteiger charge is 2.70. The maximum atomic E-state index is 6.98. The first-order valence-electron chi connectivity index (χ1n) is 16.6. The van der Waals surface area contributed by atoms with Crippen molar-refractivity contribution in [3.05, 3.63) is 145 Å². The van der Waals surface area contributed by atoms with Crippen molar-refractivity contribution >= 4 is 87.0 Å². The molecule has 218 valence electrons. The zero-order valence-electron chi connectivity index (χ0n) is 25.4. The second-order valence-electron chi connectivity index (χ2n) is 13.7. The van der Waals surface area contributed by atoms with Crippen molar-refractivity contribution in [2.75, 3.05) is 0 Å². The van der Waals surface area contributed by atoms with E-state index >= 15 is 0 Å². The van der Waals surface area contributed by atoms with Gasteiger partial charge in [-0.25, -0.2) is 0 Å². The first-order valence-corrected chi connectivity index (χ1v) is 16.6. The van der Waals surface area contributed by atoms with Gasteiger partial charge in [0.05, 0.1) is 10.8 Å². The van der Waals surface area contributed by atoms with Crippen LogP contribution >= 0.6 is 0 Å². The summed E-state index contributed by atoms with van der Waals surface area (Å²) in [5, 5.41) is 15.2. The molecule has 3 aliphatic rings. The van der Waals surface area contributed by atoms with Crippen LogP contribution in [-0.2, 0) is 5.66 Å². The van der Waals surface area contributed by atoms with Crippen LogP contribution in [0.25, 0.3) is 87.0 Å². The van der Waals surface area contributed by atoms with Gasteiger partial charge in [0.2, 0.25) is 11.4 Å². The van der Waals surface area contributed by atoms with Crippen LogP contribution in [0, 0.1) is 0 Å². The van der Waals surface area contributed by atoms with Crippen LogP contribution in [-0.4, -0.2) is 8.80 Å². The van der Waals surface area contributed by atoms with Crippen molar-refractivity contribution in [2.45, 2.75) is 5.66 Å². The lowest BCUT2D eigenvalue weighted by Gasteiger charge is -2.27. The smallest absolute Gasteiger partial charge is 0.386 e. The maximum absolute atomic E-state index is 6.98. The van der Waals surface area contributed by atoms with Crippen LogP contribution in [0.2, 0.25) is 0 Å². The second kappa shape index (κ2) is 7.09. The van der Waals surface area contributed by atoms with E-state index in [0.717, 1.165) is 11.8 Å². The third-order valence-electron chi connectivity index (χ3n) is 11.8. The van der Waals surface area contributed by atoms with Crippen molar-refractivity contribution in [3.63, 3.8) is 0 Å². The zero-order chi connectivity index (χ0) is 30.6. The Morgan fingerprint density at radius 3 is 1.54 bits per heavy atom. The zero-order valence-corrected chi connectivity index (χ0v) is 25.4. The van der Waals surface area contributed by atoms with E-state index in [4.69, 9.17) is 4.74 Å². The number of hydrogen-bond acceptors (Lipinski definition) is 1. The van der Waals surface area contributed by atoms with E-state index in [1.807, 2.05) is 0 Å². The van der Waals surface area contributed by atoms with Crippen LogP contribution in [0.5, 0.6) is 11.8 Å². The third kappa shape index (κ3) is 2.07. The summed E-state index contributed by atoms with van der Waals surface area (Å²) < 4.78 is 17.2. The summed E-state index contributed by atoms with van der Waals surface area (Å²) in [4.78, 5) is 0. The van der Waals surface area contributed by atoms with Gasteiger partial charge in [-0.1, -0.05) is 78.9 Å². The second-order valence-corrected chi connectivity index (χ2v) is 13.7. The molecule has 3 aliphatic heterocycles. The predicted octanol–water partition coefficient (Wildman–Crippen LogP) is 8.87. The molecular weight excluding hydrogens is 589 g/mol. The van der Waals surface area contributed by atoms with Crippen LogP contribution in [0.15, 0.2) is 133 Å². The maximum Gasteiger partial charge on any atom is 0.386 e. The summed E-state index contributed by atoms with van der Waals surface area (Å²) in [6.45, 7) is 0. The Balaban J connectivity index is 1.37. The summed E-state index contributed by atoms with van der Waals surface area (Å²) in [6, 6.07) is 49.3.